The van der Waals surface area contributed by atoms with E-state index in [-0.39, 0.29) is 17.7 Å². The molecule has 1 aliphatic rings. The van der Waals surface area contributed by atoms with E-state index in [2.05, 4.69) is 16.4 Å². The molecule has 0 aliphatic carbocycles. The van der Waals surface area contributed by atoms with Crippen LogP contribution in [0.4, 0.5) is 0 Å². The van der Waals surface area contributed by atoms with Gasteiger partial charge in [-0.05, 0) is 30.5 Å². The van der Waals surface area contributed by atoms with Crippen molar-refractivity contribution in [2.45, 2.75) is 26.3 Å². The highest BCUT2D eigenvalue weighted by Crippen LogP contribution is 2.18. The molecular weight excluding hydrogens is 290 g/mol. The van der Waals surface area contributed by atoms with Crippen LogP contribution in [0.1, 0.15) is 25.3 Å². The molecule has 2 aromatic rings. The number of nitrogens with one attached hydrogen (secondary N) is 1. The number of carbonyl (C=O) groups is 2. The molecule has 0 unspecified atom stereocenters. The average molecular weight is 311 g/mol. The summed E-state index contributed by atoms with van der Waals surface area (Å²) in [6.07, 6.45) is 3.28. The predicted octanol–water partition coefficient (Wildman–Crippen LogP) is 2.11. The second kappa shape index (κ2) is 6.77. The minimum absolute atomic E-state index is 0.000911. The van der Waals surface area contributed by atoms with Crippen LogP contribution in [0.3, 0.4) is 0 Å². The van der Waals surface area contributed by atoms with Gasteiger partial charge in [0.1, 0.15) is 0 Å². The second-order valence-corrected chi connectivity index (χ2v) is 6.03. The second-order valence-electron chi connectivity index (χ2n) is 6.03. The molecule has 1 saturated heterocycles. The van der Waals surface area contributed by atoms with Gasteiger partial charge in [-0.1, -0.05) is 18.2 Å². The van der Waals surface area contributed by atoms with Gasteiger partial charge in [-0.2, -0.15) is 0 Å². The van der Waals surface area contributed by atoms with Gasteiger partial charge in [0.2, 0.25) is 11.8 Å². The van der Waals surface area contributed by atoms with E-state index in [0.717, 1.165) is 29.3 Å². The van der Waals surface area contributed by atoms with Crippen LogP contribution < -0.4 is 5.32 Å². The van der Waals surface area contributed by atoms with Crippen LogP contribution in [-0.4, -0.2) is 34.8 Å². The van der Waals surface area contributed by atoms with E-state index in [1.807, 2.05) is 24.3 Å². The van der Waals surface area contributed by atoms with Gasteiger partial charge in [-0.15, -0.1) is 0 Å². The third-order valence-corrected chi connectivity index (χ3v) is 4.42. The number of hydrogen-bond donors (Lipinski definition) is 1. The number of aromatic nitrogens is 1. The first-order valence-electron chi connectivity index (χ1n) is 8.00. The first-order valence-corrected chi connectivity index (χ1v) is 8.00. The molecule has 0 saturated carbocycles. The molecule has 1 aromatic heterocycles. The van der Waals surface area contributed by atoms with Crippen molar-refractivity contribution in [3.05, 3.63) is 42.1 Å². The number of hydrogen-bond acceptors (Lipinski definition) is 3. The number of rotatable bonds is 3. The smallest absolute Gasteiger partial charge is 0.223 e. The quantitative estimate of drug-likeness (QED) is 0.944. The van der Waals surface area contributed by atoms with Crippen molar-refractivity contribution >= 4 is 22.7 Å². The highest BCUT2D eigenvalue weighted by molar-refractivity contribution is 5.80. The third kappa shape index (κ3) is 3.67. The summed E-state index contributed by atoms with van der Waals surface area (Å²) in [7, 11) is 0. The van der Waals surface area contributed by atoms with Crippen molar-refractivity contribution < 1.29 is 9.59 Å². The van der Waals surface area contributed by atoms with E-state index in [1.165, 1.54) is 0 Å². The van der Waals surface area contributed by atoms with Crippen LogP contribution in [-0.2, 0) is 16.1 Å². The van der Waals surface area contributed by atoms with Gasteiger partial charge in [-0.25, -0.2) is 0 Å². The normalized spacial score (nSPS) is 15.6. The van der Waals surface area contributed by atoms with Crippen LogP contribution in [0.25, 0.3) is 10.9 Å². The number of amides is 2. The lowest BCUT2D eigenvalue weighted by Gasteiger charge is -2.30. The number of para-hydroxylation sites is 1. The first-order chi connectivity index (χ1) is 11.1. The number of piperidine rings is 1. The van der Waals surface area contributed by atoms with Gasteiger partial charge < -0.3 is 10.2 Å². The van der Waals surface area contributed by atoms with E-state index in [0.29, 0.717) is 19.6 Å². The van der Waals surface area contributed by atoms with Crippen molar-refractivity contribution in [3.63, 3.8) is 0 Å². The summed E-state index contributed by atoms with van der Waals surface area (Å²) in [5, 5.41) is 4.07. The van der Waals surface area contributed by atoms with Crippen LogP contribution in [0.15, 0.2) is 36.5 Å². The Bertz CT molecular complexity index is 721. The molecule has 0 atom stereocenters. The van der Waals surface area contributed by atoms with Crippen molar-refractivity contribution in [1.82, 2.24) is 15.2 Å². The molecule has 2 heterocycles. The summed E-state index contributed by atoms with van der Waals surface area (Å²) >= 11 is 0. The van der Waals surface area contributed by atoms with Gasteiger partial charge in [0, 0.05) is 44.1 Å². The van der Waals surface area contributed by atoms with Crippen molar-refractivity contribution in [3.8, 4) is 0 Å². The largest absolute Gasteiger partial charge is 0.352 e. The Balaban J connectivity index is 1.55. The van der Waals surface area contributed by atoms with Crippen LogP contribution in [0.5, 0.6) is 0 Å². The van der Waals surface area contributed by atoms with Gasteiger partial charge in [0.05, 0.1) is 5.52 Å². The monoisotopic (exact) mass is 311 g/mol. The standard InChI is InChI=1S/C18H21N3O2/c1-13(22)21-8-6-15(7-9-21)18(23)20-12-14-10-16-4-2-3-5-17(16)19-11-14/h2-5,10-11,15H,6-9,12H2,1H3,(H,20,23). The van der Waals surface area contributed by atoms with Gasteiger partial charge in [0.15, 0.2) is 0 Å². The molecule has 5 heteroatoms. The lowest BCUT2D eigenvalue weighted by atomic mass is 9.96. The maximum absolute atomic E-state index is 12.3. The Morgan fingerprint density at radius 2 is 2.00 bits per heavy atom. The highest BCUT2D eigenvalue weighted by Gasteiger charge is 2.25. The zero-order chi connectivity index (χ0) is 16.2. The Kier molecular flexibility index (Phi) is 4.55. The number of likely N-dealkylation sites (tertiary alicyclic amines) is 1. The van der Waals surface area contributed by atoms with Crippen molar-refractivity contribution in [1.29, 1.82) is 0 Å². The molecule has 1 N–H and O–H groups in total. The zero-order valence-corrected chi connectivity index (χ0v) is 13.3. The predicted molar refractivity (Wildman–Crippen MR) is 88.6 cm³/mol. The average Bonchev–Trinajstić information content (AvgIpc) is 2.59. The summed E-state index contributed by atoms with van der Waals surface area (Å²) in [6, 6.07) is 9.99. The lowest BCUT2D eigenvalue weighted by Crippen LogP contribution is -2.42. The number of carbonyl (C=O) groups excluding carboxylic acids is 2. The third-order valence-electron chi connectivity index (χ3n) is 4.42. The first kappa shape index (κ1) is 15.5. The molecule has 1 aliphatic heterocycles. The number of pyridine rings is 1. The Labute approximate surface area is 135 Å². The van der Waals surface area contributed by atoms with E-state index in [1.54, 1.807) is 18.0 Å². The maximum atomic E-state index is 12.3. The number of benzene rings is 1. The SMILES string of the molecule is CC(=O)N1CCC(C(=O)NCc2cnc3ccccc3c2)CC1. The molecule has 1 fully saturated rings. The number of nitrogens with zero attached hydrogens (tertiary/aromatic N) is 2. The summed E-state index contributed by atoms with van der Waals surface area (Å²) in [5.74, 6) is 0.159. The Morgan fingerprint density at radius 3 is 2.74 bits per heavy atom. The highest BCUT2D eigenvalue weighted by atomic mass is 16.2. The zero-order valence-electron chi connectivity index (χ0n) is 13.3. The molecule has 2 amide bonds. The van der Waals surface area contributed by atoms with Crippen molar-refractivity contribution in [2.24, 2.45) is 5.92 Å². The molecule has 0 radical (unpaired) electrons. The molecule has 0 spiro atoms. The fourth-order valence-electron chi connectivity index (χ4n) is 3.00. The van der Waals surface area contributed by atoms with Crippen LogP contribution in [0.2, 0.25) is 0 Å². The molecular formula is C18H21N3O2. The van der Waals surface area contributed by atoms with Gasteiger partial charge in [-0.3, -0.25) is 14.6 Å². The molecule has 3 rings (SSSR count). The Morgan fingerprint density at radius 1 is 1.26 bits per heavy atom. The van der Waals surface area contributed by atoms with Gasteiger partial charge in [0.25, 0.3) is 0 Å². The topological polar surface area (TPSA) is 62.3 Å². The molecule has 120 valence electrons. The fraction of sp³-hybridized carbons (Fsp3) is 0.389. The summed E-state index contributed by atoms with van der Waals surface area (Å²) < 4.78 is 0. The van der Waals surface area contributed by atoms with Crippen molar-refractivity contribution in [2.75, 3.05) is 13.1 Å². The minimum Gasteiger partial charge on any atom is -0.352 e. The number of fused-ring (bicyclic) bond motifs is 1. The Hall–Kier alpha value is -2.43. The van der Waals surface area contributed by atoms with E-state index < -0.39 is 0 Å². The molecule has 23 heavy (non-hydrogen) atoms. The van der Waals surface area contributed by atoms with Crippen LogP contribution >= 0.6 is 0 Å². The molecule has 5 nitrogen and oxygen atoms in total. The lowest BCUT2D eigenvalue weighted by molar-refractivity contribution is -0.134. The molecule has 1 aromatic carbocycles. The van der Waals surface area contributed by atoms with Gasteiger partial charge >= 0.3 is 0 Å². The molecule has 0 bridgehead atoms. The van der Waals surface area contributed by atoms with E-state index >= 15 is 0 Å². The maximum Gasteiger partial charge on any atom is 0.223 e. The fourth-order valence-corrected chi connectivity index (χ4v) is 3.00. The summed E-state index contributed by atoms with van der Waals surface area (Å²) in [6.45, 7) is 3.41. The summed E-state index contributed by atoms with van der Waals surface area (Å²) in [5.41, 5.74) is 1.96. The van der Waals surface area contributed by atoms with Crippen LogP contribution in [0, 0.1) is 5.92 Å². The van der Waals surface area contributed by atoms with E-state index in [9.17, 15) is 9.59 Å². The summed E-state index contributed by atoms with van der Waals surface area (Å²) in [4.78, 5) is 29.8. The minimum atomic E-state index is -0.000911. The van der Waals surface area contributed by atoms with E-state index in [4.69, 9.17) is 0 Å².